The van der Waals surface area contributed by atoms with Crippen molar-refractivity contribution in [1.82, 2.24) is 10.3 Å². The number of rotatable bonds is 3. The summed E-state index contributed by atoms with van der Waals surface area (Å²) in [5.41, 5.74) is 0.428. The van der Waals surface area contributed by atoms with E-state index in [1.807, 2.05) is 0 Å². The second-order valence-electron chi connectivity index (χ2n) is 5.87. The highest BCUT2D eigenvalue weighted by Crippen LogP contribution is 2.28. The SMILES string of the molecule is CC1CCC(NC(=O)Nc2cncc(C(=O)O)c2)C(C)C1. The van der Waals surface area contributed by atoms with Crippen LogP contribution in [0, 0.1) is 11.8 Å². The summed E-state index contributed by atoms with van der Waals surface area (Å²) in [7, 11) is 0. The molecule has 6 nitrogen and oxygen atoms in total. The van der Waals surface area contributed by atoms with Gasteiger partial charge in [-0.05, 0) is 37.2 Å². The first-order chi connectivity index (χ1) is 9.95. The number of carboxylic acid groups (broad SMARTS) is 1. The highest BCUT2D eigenvalue weighted by molar-refractivity contribution is 5.92. The summed E-state index contributed by atoms with van der Waals surface area (Å²) in [6.07, 6.45) is 5.88. The van der Waals surface area contributed by atoms with Crippen LogP contribution in [0.25, 0.3) is 0 Å². The summed E-state index contributed by atoms with van der Waals surface area (Å²) in [6.45, 7) is 4.38. The summed E-state index contributed by atoms with van der Waals surface area (Å²) >= 11 is 0. The largest absolute Gasteiger partial charge is 0.478 e. The Balaban J connectivity index is 1.92. The number of hydrogen-bond donors (Lipinski definition) is 3. The van der Waals surface area contributed by atoms with Gasteiger partial charge in [-0.3, -0.25) is 4.98 Å². The third kappa shape index (κ3) is 4.18. The number of amides is 2. The maximum Gasteiger partial charge on any atom is 0.337 e. The van der Waals surface area contributed by atoms with Gasteiger partial charge in [0, 0.05) is 12.2 Å². The van der Waals surface area contributed by atoms with Crippen molar-refractivity contribution in [3.63, 3.8) is 0 Å². The second kappa shape index (κ2) is 6.56. The van der Waals surface area contributed by atoms with Crippen LogP contribution in [0.1, 0.15) is 43.5 Å². The van der Waals surface area contributed by atoms with Crippen molar-refractivity contribution in [2.24, 2.45) is 11.8 Å². The molecule has 0 bridgehead atoms. The Labute approximate surface area is 124 Å². The lowest BCUT2D eigenvalue weighted by Gasteiger charge is -2.33. The van der Waals surface area contributed by atoms with Gasteiger partial charge < -0.3 is 15.7 Å². The summed E-state index contributed by atoms with van der Waals surface area (Å²) in [5, 5.41) is 14.5. The van der Waals surface area contributed by atoms with E-state index in [0.717, 1.165) is 19.3 Å². The lowest BCUT2D eigenvalue weighted by molar-refractivity contribution is 0.0696. The van der Waals surface area contributed by atoms with Gasteiger partial charge in [-0.1, -0.05) is 13.8 Å². The molecule has 1 aromatic rings. The highest BCUT2D eigenvalue weighted by atomic mass is 16.4. The molecule has 0 radical (unpaired) electrons. The summed E-state index contributed by atoms with van der Waals surface area (Å²) in [4.78, 5) is 26.7. The van der Waals surface area contributed by atoms with Gasteiger partial charge in [-0.2, -0.15) is 0 Å². The monoisotopic (exact) mass is 291 g/mol. The Morgan fingerprint density at radius 2 is 2.05 bits per heavy atom. The van der Waals surface area contributed by atoms with E-state index in [-0.39, 0.29) is 17.6 Å². The van der Waals surface area contributed by atoms with Crippen molar-refractivity contribution in [2.45, 2.75) is 39.2 Å². The first kappa shape index (κ1) is 15.3. The van der Waals surface area contributed by atoms with Crippen LogP contribution in [-0.2, 0) is 0 Å². The van der Waals surface area contributed by atoms with Crippen molar-refractivity contribution < 1.29 is 14.7 Å². The molecule has 114 valence electrons. The molecule has 3 N–H and O–H groups in total. The minimum Gasteiger partial charge on any atom is -0.478 e. The average molecular weight is 291 g/mol. The number of urea groups is 1. The molecule has 1 aromatic heterocycles. The Bertz CT molecular complexity index is 533. The molecule has 0 spiro atoms. The summed E-state index contributed by atoms with van der Waals surface area (Å²) in [6, 6.07) is 1.24. The van der Waals surface area contributed by atoms with Gasteiger partial charge in [0.2, 0.25) is 0 Å². The van der Waals surface area contributed by atoms with E-state index in [1.165, 1.54) is 18.5 Å². The van der Waals surface area contributed by atoms with Crippen LogP contribution in [0.2, 0.25) is 0 Å². The quantitative estimate of drug-likeness (QED) is 0.798. The van der Waals surface area contributed by atoms with Gasteiger partial charge in [-0.25, -0.2) is 9.59 Å². The Kier molecular flexibility index (Phi) is 4.77. The van der Waals surface area contributed by atoms with Crippen LogP contribution in [0.5, 0.6) is 0 Å². The Morgan fingerprint density at radius 1 is 1.29 bits per heavy atom. The molecule has 1 fully saturated rings. The number of hydrogen-bond acceptors (Lipinski definition) is 3. The minimum atomic E-state index is -1.07. The van der Waals surface area contributed by atoms with Gasteiger partial charge in [0.1, 0.15) is 0 Å². The second-order valence-corrected chi connectivity index (χ2v) is 5.87. The molecule has 2 rings (SSSR count). The number of anilines is 1. The summed E-state index contributed by atoms with van der Waals surface area (Å²) in [5.74, 6) is 0.0852. The number of carbonyl (C=O) groups is 2. The van der Waals surface area contributed by atoms with Crippen LogP contribution in [0.4, 0.5) is 10.5 Å². The fourth-order valence-electron chi connectivity index (χ4n) is 2.84. The first-order valence-corrected chi connectivity index (χ1v) is 7.21. The number of carbonyl (C=O) groups excluding carboxylic acids is 1. The molecule has 0 aromatic carbocycles. The van der Waals surface area contributed by atoms with Crippen molar-refractivity contribution in [3.05, 3.63) is 24.0 Å². The van der Waals surface area contributed by atoms with E-state index in [9.17, 15) is 9.59 Å². The predicted molar refractivity (Wildman–Crippen MR) is 79.3 cm³/mol. The molecule has 1 aliphatic carbocycles. The highest BCUT2D eigenvalue weighted by Gasteiger charge is 2.26. The van der Waals surface area contributed by atoms with E-state index < -0.39 is 5.97 Å². The molecule has 1 saturated carbocycles. The third-order valence-corrected chi connectivity index (χ3v) is 3.99. The maximum absolute atomic E-state index is 12.0. The predicted octanol–water partition coefficient (Wildman–Crippen LogP) is 2.73. The molecule has 3 atom stereocenters. The molecule has 6 heteroatoms. The number of nitrogens with one attached hydrogen (secondary N) is 2. The number of aromatic nitrogens is 1. The molecule has 2 amide bonds. The van der Waals surface area contributed by atoms with Crippen LogP contribution >= 0.6 is 0 Å². The fourth-order valence-corrected chi connectivity index (χ4v) is 2.84. The van der Waals surface area contributed by atoms with Crippen LogP contribution in [-0.4, -0.2) is 28.1 Å². The molecular formula is C15H21N3O3. The topological polar surface area (TPSA) is 91.3 Å². The lowest BCUT2D eigenvalue weighted by Crippen LogP contribution is -2.44. The molecular weight excluding hydrogens is 270 g/mol. The molecule has 21 heavy (non-hydrogen) atoms. The number of aromatic carboxylic acids is 1. The lowest BCUT2D eigenvalue weighted by atomic mass is 9.80. The van der Waals surface area contributed by atoms with Gasteiger partial charge in [0.05, 0.1) is 17.4 Å². The van der Waals surface area contributed by atoms with Crippen LogP contribution in [0.15, 0.2) is 18.5 Å². The standard InChI is InChI=1S/C15H21N3O3/c1-9-3-4-13(10(2)5-9)18-15(21)17-12-6-11(14(19)20)7-16-8-12/h6-10,13H,3-5H2,1-2H3,(H,19,20)(H2,17,18,21). The number of carboxylic acids is 1. The number of nitrogens with zero attached hydrogens (tertiary/aromatic N) is 1. The molecule has 0 aliphatic heterocycles. The molecule has 1 aliphatic rings. The van der Waals surface area contributed by atoms with Crippen LogP contribution in [0.3, 0.4) is 0 Å². The van der Waals surface area contributed by atoms with E-state index in [1.54, 1.807) is 0 Å². The maximum atomic E-state index is 12.0. The Hall–Kier alpha value is -2.11. The van der Waals surface area contributed by atoms with E-state index in [4.69, 9.17) is 5.11 Å². The molecule has 0 saturated heterocycles. The van der Waals surface area contributed by atoms with Crippen molar-refractivity contribution in [3.8, 4) is 0 Å². The molecule has 1 heterocycles. The number of pyridine rings is 1. The fraction of sp³-hybridized carbons (Fsp3) is 0.533. The van der Waals surface area contributed by atoms with Crippen molar-refractivity contribution in [2.75, 3.05) is 5.32 Å². The molecule has 3 unspecified atom stereocenters. The van der Waals surface area contributed by atoms with E-state index in [2.05, 4.69) is 29.5 Å². The van der Waals surface area contributed by atoms with Crippen molar-refractivity contribution >= 4 is 17.7 Å². The van der Waals surface area contributed by atoms with Gasteiger partial charge >= 0.3 is 12.0 Å². The smallest absolute Gasteiger partial charge is 0.337 e. The zero-order chi connectivity index (χ0) is 15.4. The zero-order valence-electron chi connectivity index (χ0n) is 12.3. The Morgan fingerprint density at radius 3 is 2.71 bits per heavy atom. The first-order valence-electron chi connectivity index (χ1n) is 7.21. The van der Waals surface area contributed by atoms with Gasteiger partial charge in [-0.15, -0.1) is 0 Å². The van der Waals surface area contributed by atoms with Gasteiger partial charge in [0.15, 0.2) is 0 Å². The zero-order valence-corrected chi connectivity index (χ0v) is 12.3. The third-order valence-electron chi connectivity index (χ3n) is 3.99. The van der Waals surface area contributed by atoms with Crippen molar-refractivity contribution in [1.29, 1.82) is 0 Å². The van der Waals surface area contributed by atoms with E-state index >= 15 is 0 Å². The average Bonchev–Trinajstić information content (AvgIpc) is 2.42. The van der Waals surface area contributed by atoms with Crippen LogP contribution < -0.4 is 10.6 Å². The normalized spacial score (nSPS) is 25.1. The minimum absolute atomic E-state index is 0.0488. The summed E-state index contributed by atoms with van der Waals surface area (Å²) < 4.78 is 0. The van der Waals surface area contributed by atoms with E-state index in [0.29, 0.717) is 17.5 Å². The van der Waals surface area contributed by atoms with Gasteiger partial charge in [0.25, 0.3) is 0 Å².